The number of urea groups is 1. The number of amides is 4. The number of nitrogens with zero attached hydrogens (tertiary/aromatic N) is 2. The molecule has 0 spiro atoms. The minimum atomic E-state index is -1.17. The first-order valence-corrected chi connectivity index (χ1v) is 11.0. The van der Waals surface area contributed by atoms with Crippen molar-refractivity contribution in [1.29, 1.82) is 0 Å². The fourth-order valence-corrected chi connectivity index (χ4v) is 4.95. The molecular formula is C22H24N4O3S. The number of hydrogen-bond donors (Lipinski definition) is 2. The van der Waals surface area contributed by atoms with Crippen LogP contribution in [0.5, 0.6) is 0 Å². The molecule has 0 unspecified atom stereocenters. The van der Waals surface area contributed by atoms with E-state index in [1.54, 1.807) is 23.9 Å². The van der Waals surface area contributed by atoms with Crippen molar-refractivity contribution in [3.8, 4) is 0 Å². The molecule has 2 aliphatic heterocycles. The van der Waals surface area contributed by atoms with Gasteiger partial charge in [0.1, 0.15) is 5.54 Å². The van der Waals surface area contributed by atoms with E-state index >= 15 is 0 Å². The fraction of sp³-hybridized carbons (Fsp3) is 0.318. The number of hydrazine groups is 1. The maximum atomic E-state index is 13.2. The Kier molecular flexibility index (Phi) is 5.67. The number of nitrogens with one attached hydrogen (secondary N) is 2. The van der Waals surface area contributed by atoms with Crippen molar-refractivity contribution >= 4 is 35.3 Å². The predicted octanol–water partition coefficient (Wildman–Crippen LogP) is 2.88. The number of hydrogen-bond acceptors (Lipinski definition) is 5. The van der Waals surface area contributed by atoms with Gasteiger partial charge < -0.3 is 10.2 Å². The monoisotopic (exact) mass is 424 g/mol. The van der Waals surface area contributed by atoms with E-state index in [9.17, 15) is 14.4 Å². The van der Waals surface area contributed by atoms with Gasteiger partial charge >= 0.3 is 6.03 Å². The SMILES string of the molecule is CC[C@@]1(c2ccccc2)NC(=O)N(NC(=O)CN2CCCSc3ccccc32)C1=O. The lowest BCUT2D eigenvalue weighted by Gasteiger charge is -2.26. The molecule has 30 heavy (non-hydrogen) atoms. The number of rotatable bonds is 5. The normalized spacial score (nSPS) is 21.1. The van der Waals surface area contributed by atoms with Gasteiger partial charge in [-0.25, -0.2) is 4.79 Å². The number of carbonyl (C=O) groups is 3. The Morgan fingerprint density at radius 2 is 1.87 bits per heavy atom. The highest BCUT2D eigenvalue weighted by Gasteiger charge is 2.52. The van der Waals surface area contributed by atoms with Crippen LogP contribution in [0.25, 0.3) is 0 Å². The van der Waals surface area contributed by atoms with Gasteiger partial charge in [0, 0.05) is 11.4 Å². The highest BCUT2D eigenvalue weighted by molar-refractivity contribution is 7.99. The molecule has 1 atom stereocenters. The van der Waals surface area contributed by atoms with E-state index in [2.05, 4.69) is 10.7 Å². The van der Waals surface area contributed by atoms with Gasteiger partial charge in [-0.1, -0.05) is 49.4 Å². The van der Waals surface area contributed by atoms with Crippen molar-refractivity contribution in [3.05, 3.63) is 60.2 Å². The summed E-state index contributed by atoms with van der Waals surface area (Å²) in [7, 11) is 0. The van der Waals surface area contributed by atoms with Gasteiger partial charge in [-0.15, -0.1) is 11.8 Å². The average Bonchev–Trinajstić information content (AvgIpc) is 2.90. The number of para-hydroxylation sites is 1. The third-order valence-corrected chi connectivity index (χ3v) is 6.64. The molecule has 2 aromatic rings. The van der Waals surface area contributed by atoms with E-state index in [0.29, 0.717) is 12.0 Å². The number of imide groups is 1. The van der Waals surface area contributed by atoms with Crippen molar-refractivity contribution in [3.63, 3.8) is 0 Å². The van der Waals surface area contributed by atoms with Crippen LogP contribution in [0.1, 0.15) is 25.3 Å². The summed E-state index contributed by atoms with van der Waals surface area (Å²) in [6.45, 7) is 2.64. The lowest BCUT2D eigenvalue weighted by Crippen LogP contribution is -2.51. The quantitative estimate of drug-likeness (QED) is 0.722. The first-order chi connectivity index (χ1) is 14.5. The molecule has 8 heteroatoms. The van der Waals surface area contributed by atoms with Crippen LogP contribution in [0.2, 0.25) is 0 Å². The third kappa shape index (κ3) is 3.63. The summed E-state index contributed by atoms with van der Waals surface area (Å²) >= 11 is 1.77. The summed E-state index contributed by atoms with van der Waals surface area (Å²) in [5.41, 5.74) is 3.05. The molecule has 1 saturated heterocycles. The smallest absolute Gasteiger partial charge is 0.344 e. The van der Waals surface area contributed by atoms with E-state index in [0.717, 1.165) is 34.3 Å². The molecule has 2 N–H and O–H groups in total. The second-order valence-electron chi connectivity index (χ2n) is 7.32. The maximum Gasteiger partial charge on any atom is 0.344 e. The van der Waals surface area contributed by atoms with Crippen molar-refractivity contribution in [2.45, 2.75) is 30.2 Å². The molecule has 156 valence electrons. The Morgan fingerprint density at radius 1 is 1.13 bits per heavy atom. The zero-order valence-corrected chi connectivity index (χ0v) is 17.6. The van der Waals surface area contributed by atoms with E-state index < -0.39 is 23.4 Å². The Bertz CT molecular complexity index is 968. The van der Waals surface area contributed by atoms with Crippen molar-refractivity contribution < 1.29 is 14.4 Å². The summed E-state index contributed by atoms with van der Waals surface area (Å²) in [5, 5.41) is 3.59. The van der Waals surface area contributed by atoms with E-state index in [1.165, 1.54) is 0 Å². The Balaban J connectivity index is 1.50. The molecule has 0 radical (unpaired) electrons. The van der Waals surface area contributed by atoms with E-state index in [1.807, 2.05) is 54.3 Å². The van der Waals surface area contributed by atoms with E-state index in [4.69, 9.17) is 0 Å². The molecule has 4 rings (SSSR count). The molecule has 0 aliphatic carbocycles. The Hall–Kier alpha value is -3.00. The maximum absolute atomic E-state index is 13.2. The Morgan fingerprint density at radius 3 is 2.63 bits per heavy atom. The largest absolute Gasteiger partial charge is 0.361 e. The standard InChI is InChI=1S/C22H24N4O3S/c1-2-22(16-9-4-3-5-10-16)20(28)26(21(29)23-22)24-19(27)15-25-13-8-14-30-18-12-7-6-11-17(18)25/h3-7,9-12H,2,8,13-15H2,1H3,(H,23,29)(H,24,27)/t22-/m0/s1. The van der Waals surface area contributed by atoms with Crippen LogP contribution in [0.4, 0.5) is 10.5 Å². The topological polar surface area (TPSA) is 81.8 Å². The zero-order chi connectivity index (χ0) is 21.1. The first kappa shape index (κ1) is 20.3. The molecule has 0 saturated carbocycles. The summed E-state index contributed by atoms with van der Waals surface area (Å²) in [5.74, 6) is 0.111. The lowest BCUT2D eigenvalue weighted by molar-refractivity contribution is -0.139. The average molecular weight is 425 g/mol. The summed E-state index contributed by atoms with van der Waals surface area (Å²) < 4.78 is 0. The molecule has 2 aromatic carbocycles. The van der Waals surface area contributed by atoms with Crippen LogP contribution in [-0.4, -0.2) is 41.7 Å². The highest BCUT2D eigenvalue weighted by Crippen LogP contribution is 2.34. The van der Waals surface area contributed by atoms with Gasteiger partial charge in [-0.2, -0.15) is 5.01 Å². The van der Waals surface area contributed by atoms with Crippen molar-refractivity contribution in [2.24, 2.45) is 0 Å². The van der Waals surface area contributed by atoms with Crippen LogP contribution in [-0.2, 0) is 15.1 Å². The molecule has 7 nitrogen and oxygen atoms in total. The van der Waals surface area contributed by atoms with Crippen LogP contribution < -0.4 is 15.6 Å². The molecule has 0 bridgehead atoms. The van der Waals surface area contributed by atoms with Crippen molar-refractivity contribution in [1.82, 2.24) is 15.8 Å². The second kappa shape index (κ2) is 8.39. The number of benzene rings is 2. The van der Waals surface area contributed by atoms with Crippen LogP contribution >= 0.6 is 11.8 Å². The molecule has 0 aromatic heterocycles. The molecule has 1 fully saturated rings. The lowest BCUT2D eigenvalue weighted by atomic mass is 9.87. The second-order valence-corrected chi connectivity index (χ2v) is 8.46. The van der Waals surface area contributed by atoms with Crippen LogP contribution in [0, 0.1) is 0 Å². The minimum absolute atomic E-state index is 0.0685. The predicted molar refractivity (Wildman–Crippen MR) is 116 cm³/mol. The van der Waals surface area contributed by atoms with E-state index in [-0.39, 0.29) is 6.54 Å². The number of carbonyl (C=O) groups excluding carboxylic acids is 3. The molecular weight excluding hydrogens is 400 g/mol. The van der Waals surface area contributed by atoms with Gasteiger partial charge in [0.25, 0.3) is 11.8 Å². The molecule has 2 aliphatic rings. The molecule has 2 heterocycles. The third-order valence-electron chi connectivity index (χ3n) is 5.50. The summed E-state index contributed by atoms with van der Waals surface area (Å²) in [6, 6.07) is 16.5. The summed E-state index contributed by atoms with van der Waals surface area (Å²) in [6.07, 6.45) is 1.33. The fourth-order valence-electron chi connectivity index (χ4n) is 3.93. The zero-order valence-electron chi connectivity index (χ0n) is 16.8. The van der Waals surface area contributed by atoms with Gasteiger partial charge in [0.2, 0.25) is 0 Å². The minimum Gasteiger partial charge on any atom is -0.361 e. The van der Waals surface area contributed by atoms with Gasteiger partial charge in [-0.3, -0.25) is 15.0 Å². The Labute approximate surface area is 179 Å². The summed E-state index contributed by atoms with van der Waals surface area (Å²) in [4.78, 5) is 41.6. The van der Waals surface area contributed by atoms with Gasteiger partial charge in [-0.05, 0) is 36.3 Å². The highest BCUT2D eigenvalue weighted by atomic mass is 32.2. The van der Waals surface area contributed by atoms with Crippen LogP contribution in [0.3, 0.4) is 0 Å². The molecule has 4 amide bonds. The van der Waals surface area contributed by atoms with Crippen molar-refractivity contribution in [2.75, 3.05) is 23.7 Å². The van der Waals surface area contributed by atoms with Gasteiger partial charge in [0.15, 0.2) is 0 Å². The first-order valence-electron chi connectivity index (χ1n) is 10.0. The van der Waals surface area contributed by atoms with Gasteiger partial charge in [0.05, 0.1) is 12.2 Å². The number of anilines is 1. The number of thioether (sulfide) groups is 1. The number of fused-ring (bicyclic) bond motifs is 1. The van der Waals surface area contributed by atoms with Crippen LogP contribution in [0.15, 0.2) is 59.5 Å².